The zero-order valence-electron chi connectivity index (χ0n) is 14.9. The van der Waals surface area contributed by atoms with Crippen molar-refractivity contribution >= 4 is 0 Å². The molecule has 2 heterocycles. The molecule has 132 valence electrons. The smallest absolute Gasteiger partial charge is 0.267 e. The third kappa shape index (κ3) is 3.74. The van der Waals surface area contributed by atoms with Crippen molar-refractivity contribution in [2.75, 3.05) is 19.6 Å². The van der Waals surface area contributed by atoms with Gasteiger partial charge in [0.15, 0.2) is 0 Å². The molecule has 1 aromatic heterocycles. The van der Waals surface area contributed by atoms with E-state index < -0.39 is 0 Å². The maximum absolute atomic E-state index is 12.3. The van der Waals surface area contributed by atoms with Crippen LogP contribution in [0.15, 0.2) is 10.9 Å². The molecule has 0 unspecified atom stereocenters. The maximum Gasteiger partial charge on any atom is 0.267 e. The number of aromatic nitrogens is 2. The van der Waals surface area contributed by atoms with Gasteiger partial charge < -0.3 is 4.90 Å². The summed E-state index contributed by atoms with van der Waals surface area (Å²) in [7, 11) is 0. The number of aryl methyl sites for hydroxylation is 2. The number of nitrogens with zero attached hydrogens (tertiary/aromatic N) is 3. The Labute approximate surface area is 145 Å². The minimum Gasteiger partial charge on any atom is -0.303 e. The first-order valence-electron chi connectivity index (χ1n) is 10.1. The minimum atomic E-state index is 0.111. The summed E-state index contributed by atoms with van der Waals surface area (Å²) in [6.45, 7) is 4.55. The minimum absolute atomic E-state index is 0.111. The molecule has 4 heteroatoms. The van der Waals surface area contributed by atoms with E-state index >= 15 is 0 Å². The van der Waals surface area contributed by atoms with Gasteiger partial charge in [0, 0.05) is 19.2 Å². The van der Waals surface area contributed by atoms with Gasteiger partial charge in [0.05, 0.1) is 5.69 Å². The predicted octanol–water partition coefficient (Wildman–Crippen LogP) is 3.02. The second kappa shape index (κ2) is 7.38. The highest BCUT2D eigenvalue weighted by Gasteiger charge is 2.24. The highest BCUT2D eigenvalue weighted by molar-refractivity contribution is 5.22. The fourth-order valence-electron chi connectivity index (χ4n) is 4.90. The quantitative estimate of drug-likeness (QED) is 0.852. The standard InChI is InChI=1S/C20H31N3O/c24-20-13-18-7-4-8-19(18)21-23(20)15-17-9-11-22(12-10-17)14-16-5-2-1-3-6-16/h13,16-17H,1-12,14-15H2. The maximum atomic E-state index is 12.3. The fraction of sp³-hybridized carbons (Fsp3) is 0.800. The first-order chi connectivity index (χ1) is 11.8. The summed E-state index contributed by atoms with van der Waals surface area (Å²) in [5.74, 6) is 1.56. The Morgan fingerprint density at radius 3 is 2.46 bits per heavy atom. The van der Waals surface area contributed by atoms with Crippen LogP contribution in [-0.4, -0.2) is 34.3 Å². The van der Waals surface area contributed by atoms with Gasteiger partial charge in [0.2, 0.25) is 0 Å². The molecule has 3 aliphatic rings. The molecule has 0 aromatic carbocycles. The zero-order valence-corrected chi connectivity index (χ0v) is 14.9. The lowest BCUT2D eigenvalue weighted by Gasteiger charge is -2.35. The molecule has 1 saturated heterocycles. The molecular weight excluding hydrogens is 298 g/mol. The molecule has 0 amide bonds. The zero-order chi connectivity index (χ0) is 16.4. The van der Waals surface area contributed by atoms with Gasteiger partial charge in [0.1, 0.15) is 0 Å². The Morgan fingerprint density at radius 2 is 1.67 bits per heavy atom. The Hall–Kier alpha value is -1.16. The van der Waals surface area contributed by atoms with E-state index in [2.05, 4.69) is 10.00 Å². The van der Waals surface area contributed by atoms with Gasteiger partial charge in [-0.15, -0.1) is 0 Å². The van der Waals surface area contributed by atoms with Gasteiger partial charge in [-0.05, 0) is 75.4 Å². The van der Waals surface area contributed by atoms with Gasteiger partial charge in [-0.25, -0.2) is 4.68 Å². The van der Waals surface area contributed by atoms with Crippen LogP contribution in [0.1, 0.15) is 62.6 Å². The molecule has 2 aliphatic carbocycles. The van der Waals surface area contributed by atoms with Crippen LogP contribution in [-0.2, 0) is 19.4 Å². The summed E-state index contributed by atoms with van der Waals surface area (Å²) >= 11 is 0. The average Bonchev–Trinajstić information content (AvgIpc) is 3.05. The molecule has 1 aromatic rings. The largest absolute Gasteiger partial charge is 0.303 e. The van der Waals surface area contributed by atoms with E-state index in [1.807, 2.05) is 6.07 Å². The molecule has 0 bridgehead atoms. The first-order valence-corrected chi connectivity index (χ1v) is 10.1. The van der Waals surface area contributed by atoms with E-state index in [9.17, 15) is 4.79 Å². The molecule has 4 nitrogen and oxygen atoms in total. The summed E-state index contributed by atoms with van der Waals surface area (Å²) in [6, 6.07) is 1.84. The van der Waals surface area contributed by atoms with Crippen molar-refractivity contribution in [2.24, 2.45) is 11.8 Å². The van der Waals surface area contributed by atoms with Crippen molar-refractivity contribution in [1.82, 2.24) is 14.7 Å². The first kappa shape index (κ1) is 16.3. The van der Waals surface area contributed by atoms with E-state index in [4.69, 9.17) is 0 Å². The number of likely N-dealkylation sites (tertiary alicyclic amines) is 1. The van der Waals surface area contributed by atoms with Crippen molar-refractivity contribution in [3.8, 4) is 0 Å². The Kier molecular flexibility index (Phi) is 5.02. The summed E-state index contributed by atoms with van der Waals surface area (Å²) < 4.78 is 1.76. The van der Waals surface area contributed by atoms with Crippen LogP contribution in [0.25, 0.3) is 0 Å². The third-order valence-electron chi connectivity index (χ3n) is 6.40. The summed E-state index contributed by atoms with van der Waals surface area (Å²) in [5.41, 5.74) is 2.48. The van der Waals surface area contributed by atoms with E-state index in [-0.39, 0.29) is 5.56 Å². The van der Waals surface area contributed by atoms with E-state index in [1.54, 1.807) is 4.68 Å². The number of fused-ring (bicyclic) bond motifs is 1. The molecule has 1 saturated carbocycles. The fourth-order valence-corrected chi connectivity index (χ4v) is 4.90. The molecule has 0 spiro atoms. The second-order valence-electron chi connectivity index (χ2n) is 8.24. The Bertz CT molecular complexity index is 610. The molecule has 1 aliphatic heterocycles. The van der Waals surface area contributed by atoms with Crippen LogP contribution in [0, 0.1) is 11.8 Å². The van der Waals surface area contributed by atoms with Gasteiger partial charge in [-0.2, -0.15) is 5.10 Å². The summed E-state index contributed by atoms with van der Waals surface area (Å²) in [5, 5.41) is 4.65. The lowest BCUT2D eigenvalue weighted by Crippen LogP contribution is -2.39. The van der Waals surface area contributed by atoms with Crippen molar-refractivity contribution < 1.29 is 0 Å². The van der Waals surface area contributed by atoms with Gasteiger partial charge in [0.25, 0.3) is 5.56 Å². The molecule has 2 fully saturated rings. The number of hydrogen-bond acceptors (Lipinski definition) is 3. The van der Waals surface area contributed by atoms with Crippen LogP contribution in [0.3, 0.4) is 0 Å². The summed E-state index contributed by atoms with van der Waals surface area (Å²) in [6.07, 6.45) is 12.9. The molecule has 0 atom stereocenters. The Morgan fingerprint density at radius 1 is 0.917 bits per heavy atom. The van der Waals surface area contributed by atoms with Crippen LogP contribution < -0.4 is 5.56 Å². The number of rotatable bonds is 4. The van der Waals surface area contributed by atoms with Crippen LogP contribution in [0.2, 0.25) is 0 Å². The second-order valence-corrected chi connectivity index (χ2v) is 8.24. The molecule has 0 radical (unpaired) electrons. The normalized spacial score (nSPS) is 23.5. The van der Waals surface area contributed by atoms with Gasteiger partial charge in [-0.1, -0.05) is 19.3 Å². The van der Waals surface area contributed by atoms with Crippen molar-refractivity contribution in [3.05, 3.63) is 27.7 Å². The van der Waals surface area contributed by atoms with Crippen molar-refractivity contribution in [2.45, 2.75) is 70.8 Å². The average molecular weight is 329 g/mol. The van der Waals surface area contributed by atoms with E-state index in [0.717, 1.165) is 31.7 Å². The topological polar surface area (TPSA) is 38.1 Å². The predicted molar refractivity (Wildman–Crippen MR) is 96.3 cm³/mol. The van der Waals surface area contributed by atoms with Gasteiger partial charge in [-0.3, -0.25) is 4.79 Å². The van der Waals surface area contributed by atoms with Crippen molar-refractivity contribution in [1.29, 1.82) is 0 Å². The van der Waals surface area contributed by atoms with Gasteiger partial charge >= 0.3 is 0 Å². The van der Waals surface area contributed by atoms with E-state index in [1.165, 1.54) is 75.8 Å². The lowest BCUT2D eigenvalue weighted by atomic mass is 9.88. The monoisotopic (exact) mass is 329 g/mol. The SMILES string of the molecule is O=c1cc2c(nn1CC1CCN(CC3CCCCC3)CC1)CCC2. The highest BCUT2D eigenvalue weighted by atomic mass is 16.1. The molecular formula is C20H31N3O. The number of piperidine rings is 1. The molecule has 0 N–H and O–H groups in total. The molecule has 24 heavy (non-hydrogen) atoms. The van der Waals surface area contributed by atoms with Crippen LogP contribution >= 0.6 is 0 Å². The van der Waals surface area contributed by atoms with Crippen LogP contribution in [0.5, 0.6) is 0 Å². The van der Waals surface area contributed by atoms with Crippen molar-refractivity contribution in [3.63, 3.8) is 0 Å². The Balaban J connectivity index is 1.29. The number of hydrogen-bond donors (Lipinski definition) is 0. The van der Waals surface area contributed by atoms with E-state index in [0.29, 0.717) is 5.92 Å². The summed E-state index contributed by atoms with van der Waals surface area (Å²) in [4.78, 5) is 14.9. The molecule has 4 rings (SSSR count). The highest BCUT2D eigenvalue weighted by Crippen LogP contribution is 2.27. The van der Waals surface area contributed by atoms with Crippen LogP contribution in [0.4, 0.5) is 0 Å². The third-order valence-corrected chi connectivity index (χ3v) is 6.40. The lowest BCUT2D eigenvalue weighted by molar-refractivity contribution is 0.136.